The Labute approximate surface area is 341 Å². The number of hydrogen-bond acceptors (Lipinski definition) is 17. The Balaban J connectivity index is 1.22. The molecular weight excluding hydrogens is 830 g/mol. The first-order valence-electron chi connectivity index (χ1n) is 19.0. The Morgan fingerprint density at radius 2 is 1.46 bits per heavy atom. The Morgan fingerprint density at radius 3 is 2.02 bits per heavy atom. The van der Waals surface area contributed by atoms with E-state index in [2.05, 4.69) is 24.7 Å². The Morgan fingerprint density at radius 1 is 0.898 bits per heavy atom. The highest BCUT2D eigenvalue weighted by Crippen LogP contribution is 2.45. The van der Waals surface area contributed by atoms with Gasteiger partial charge in [0.15, 0.2) is 6.23 Å². The molecule has 3 heterocycles. The molecule has 1 aromatic heterocycles. The summed E-state index contributed by atoms with van der Waals surface area (Å²) in [5, 5.41) is 28.1. The zero-order valence-corrected chi connectivity index (χ0v) is 35.5. The van der Waals surface area contributed by atoms with Gasteiger partial charge in [0.1, 0.15) is 24.1 Å². The van der Waals surface area contributed by atoms with E-state index < -0.39 is 63.6 Å². The summed E-state index contributed by atoms with van der Waals surface area (Å²) in [7, 11) is -10.3. The molecule has 24 nitrogen and oxygen atoms in total. The lowest BCUT2D eigenvalue weighted by molar-refractivity contribution is -0.249. The highest BCUT2D eigenvalue weighted by Gasteiger charge is 2.50. The van der Waals surface area contributed by atoms with Crippen LogP contribution in [0.25, 0.3) is 0 Å². The third-order valence-corrected chi connectivity index (χ3v) is 10.4. The molecule has 0 saturated carbocycles. The molecule has 2 saturated heterocycles. The molecular formula is C33H60N6O18P2. The molecule has 2 aliphatic heterocycles. The number of rotatable bonds is 26. The number of nitrogens with one attached hydrogen (secondary N) is 2. The molecule has 0 spiro atoms. The fourth-order valence-corrected chi connectivity index (χ4v) is 7.73. The highest BCUT2D eigenvalue weighted by atomic mass is 31.2. The highest BCUT2D eigenvalue weighted by molar-refractivity contribution is 7.46. The van der Waals surface area contributed by atoms with Crippen molar-refractivity contribution in [1.29, 1.82) is 0 Å². The van der Waals surface area contributed by atoms with Gasteiger partial charge in [-0.3, -0.25) is 23.2 Å². The van der Waals surface area contributed by atoms with E-state index in [4.69, 9.17) is 39.2 Å². The minimum absolute atomic E-state index is 0.0442. The maximum absolute atomic E-state index is 12.7. The van der Waals surface area contributed by atoms with Gasteiger partial charge >= 0.3 is 21.3 Å². The van der Waals surface area contributed by atoms with Crippen LogP contribution in [0.5, 0.6) is 0 Å². The van der Waals surface area contributed by atoms with Crippen LogP contribution < -0.4 is 22.1 Å². The standard InChI is InChI=1S/C33H60N6O18P2/c1-32(2)18-23(19-33(3,4)39(32)44)29(42)36-9-11-52-13-15-54-17-16-53-14-12-51-10-7-25(40)35-8-5-6-22-20-38(31(43)37-28(22)34)30-26(41)27(57-59(48,49)50)24(56-30)21-55-58(45,46)47/h20,23-24,26-27,30,41,44H,5-19,21H2,1-4H3,(H,35,40)(H,36,42)(H2,34,37,43)(H2,45,46,47)(H2,48,49,50)/t24-,26+,27?,30-/m1/s1. The van der Waals surface area contributed by atoms with Crippen LogP contribution in [-0.2, 0) is 57.9 Å². The number of nitrogen functional groups attached to an aromatic ring is 1. The van der Waals surface area contributed by atoms with Crippen molar-refractivity contribution in [1.82, 2.24) is 25.2 Å². The number of aryl methyl sites for hydroxylation is 1. The molecule has 59 heavy (non-hydrogen) atoms. The first kappa shape index (κ1) is 50.9. The second-order valence-electron chi connectivity index (χ2n) is 15.2. The van der Waals surface area contributed by atoms with Gasteiger partial charge in [-0.2, -0.15) is 10.0 Å². The number of amides is 2. The third kappa shape index (κ3) is 17.4. The van der Waals surface area contributed by atoms with E-state index in [0.29, 0.717) is 71.0 Å². The van der Waals surface area contributed by atoms with Crippen LogP contribution in [0.3, 0.4) is 0 Å². The fraction of sp³-hybridized carbons (Fsp3) is 0.818. The van der Waals surface area contributed by atoms with Gasteiger partial charge in [0, 0.05) is 48.3 Å². The molecule has 2 amide bonds. The lowest BCUT2D eigenvalue weighted by atomic mass is 9.75. The number of ether oxygens (including phenoxy) is 5. The number of aliphatic hydroxyl groups is 1. The van der Waals surface area contributed by atoms with Gasteiger partial charge in [0.05, 0.1) is 59.5 Å². The average molecular weight is 891 g/mol. The van der Waals surface area contributed by atoms with E-state index in [0.717, 1.165) is 4.57 Å². The second-order valence-corrected chi connectivity index (χ2v) is 17.7. The Hall–Kier alpha value is -2.48. The lowest BCUT2D eigenvalue weighted by Crippen LogP contribution is -2.60. The van der Waals surface area contributed by atoms with Crippen LogP contribution in [0.2, 0.25) is 0 Å². The van der Waals surface area contributed by atoms with Crippen molar-refractivity contribution in [3.8, 4) is 0 Å². The van der Waals surface area contributed by atoms with Crippen molar-refractivity contribution in [2.75, 3.05) is 78.3 Å². The topological polar surface area (TPSA) is 342 Å². The van der Waals surface area contributed by atoms with Crippen molar-refractivity contribution in [2.24, 2.45) is 5.92 Å². The van der Waals surface area contributed by atoms with Gasteiger partial charge in [0.2, 0.25) is 11.8 Å². The van der Waals surface area contributed by atoms with E-state index in [1.54, 1.807) is 0 Å². The molecule has 3 rings (SSSR count). The van der Waals surface area contributed by atoms with Crippen LogP contribution in [0.15, 0.2) is 11.0 Å². The van der Waals surface area contributed by atoms with Gasteiger partial charge in [-0.05, 0) is 53.4 Å². The summed E-state index contributed by atoms with van der Waals surface area (Å²) in [4.78, 5) is 77.8. The molecule has 2 fully saturated rings. The van der Waals surface area contributed by atoms with Gasteiger partial charge in [-0.25, -0.2) is 13.9 Å². The monoisotopic (exact) mass is 890 g/mol. The van der Waals surface area contributed by atoms with Crippen molar-refractivity contribution in [2.45, 2.75) is 95.4 Å². The number of nitrogens with two attached hydrogens (primary N) is 1. The summed E-state index contributed by atoms with van der Waals surface area (Å²) >= 11 is 0. The average Bonchev–Trinajstić information content (AvgIpc) is 3.42. The zero-order valence-electron chi connectivity index (χ0n) is 33.7. The number of hydrogen-bond donors (Lipinski definition) is 9. The summed E-state index contributed by atoms with van der Waals surface area (Å²) in [6.45, 7) is 9.80. The van der Waals surface area contributed by atoms with Crippen LogP contribution in [0.4, 0.5) is 5.82 Å². The molecule has 4 atom stereocenters. The molecule has 0 bridgehead atoms. The van der Waals surface area contributed by atoms with Gasteiger partial charge < -0.3 is 69.9 Å². The second kappa shape index (κ2) is 23.1. The molecule has 0 aliphatic carbocycles. The molecule has 340 valence electrons. The summed E-state index contributed by atoms with van der Waals surface area (Å²) < 4.78 is 59.7. The summed E-state index contributed by atoms with van der Waals surface area (Å²) in [6.07, 6.45) is -4.08. The van der Waals surface area contributed by atoms with E-state index in [1.807, 2.05) is 27.7 Å². The predicted octanol–water partition coefficient (Wildman–Crippen LogP) is -1.05. The van der Waals surface area contributed by atoms with E-state index in [1.165, 1.54) is 11.3 Å². The lowest BCUT2D eigenvalue weighted by Gasteiger charge is -2.51. The number of piperidine rings is 1. The number of nitrogens with zero attached hydrogens (tertiary/aromatic N) is 3. The van der Waals surface area contributed by atoms with E-state index in [9.17, 15) is 43.6 Å². The largest absolute Gasteiger partial charge is 0.470 e. The molecule has 1 unspecified atom stereocenters. The maximum Gasteiger partial charge on any atom is 0.470 e. The quantitative estimate of drug-likeness (QED) is 0.0396. The predicted molar refractivity (Wildman–Crippen MR) is 204 cm³/mol. The number of anilines is 1. The normalized spacial score (nSPS) is 22.4. The van der Waals surface area contributed by atoms with Crippen molar-refractivity contribution < 1.29 is 81.3 Å². The van der Waals surface area contributed by atoms with Crippen LogP contribution in [-0.4, -0.2) is 158 Å². The summed E-state index contributed by atoms with van der Waals surface area (Å²) in [5.74, 6) is -0.664. The van der Waals surface area contributed by atoms with Gasteiger partial charge in [-0.1, -0.05) is 0 Å². The Kier molecular flexibility index (Phi) is 19.9. The molecule has 2 aliphatic rings. The van der Waals surface area contributed by atoms with Crippen LogP contribution >= 0.6 is 15.6 Å². The number of carbonyl (C=O) groups excluding carboxylic acids is 2. The van der Waals surface area contributed by atoms with Crippen molar-refractivity contribution in [3.05, 3.63) is 22.2 Å². The van der Waals surface area contributed by atoms with Crippen LogP contribution in [0, 0.1) is 5.92 Å². The van der Waals surface area contributed by atoms with Crippen molar-refractivity contribution in [3.63, 3.8) is 0 Å². The number of hydroxylamine groups is 2. The molecule has 1 aromatic rings. The number of phosphoric acid groups is 2. The van der Waals surface area contributed by atoms with E-state index in [-0.39, 0.29) is 56.2 Å². The third-order valence-electron chi connectivity index (χ3n) is 9.40. The zero-order chi connectivity index (χ0) is 44.0. The number of phosphoric ester groups is 2. The number of carbonyl (C=O) groups is 2. The summed E-state index contributed by atoms with van der Waals surface area (Å²) in [5.41, 5.74) is 4.21. The van der Waals surface area contributed by atoms with Gasteiger partial charge in [-0.15, -0.1) is 0 Å². The van der Waals surface area contributed by atoms with Crippen molar-refractivity contribution >= 4 is 33.3 Å². The fourth-order valence-electron chi connectivity index (χ4n) is 6.81. The molecule has 26 heteroatoms. The SMILES string of the molecule is CC1(C)CC(C(=O)NCCOCCOCCOCCOCCC(=O)NCCCc2cn([C@@H]3O[C@H](COP(=O)(O)O)C(OP(=O)(O)O)[C@@H]3O)c(=O)nc2N)CC(C)(C)N1O. The van der Waals surface area contributed by atoms with Gasteiger partial charge in [0.25, 0.3) is 0 Å². The minimum atomic E-state index is -5.24. The molecule has 10 N–H and O–H groups in total. The number of aromatic nitrogens is 2. The van der Waals surface area contributed by atoms with E-state index >= 15 is 0 Å². The first-order chi connectivity index (χ1) is 27.5. The molecule has 0 aromatic carbocycles. The summed E-state index contributed by atoms with van der Waals surface area (Å²) in [6, 6.07) is 0. The van der Waals surface area contributed by atoms with Crippen LogP contribution in [0.1, 0.15) is 65.2 Å². The Bertz CT molecular complexity index is 1640. The maximum atomic E-state index is 12.7. The number of aliphatic hydroxyl groups excluding tert-OH is 1. The molecule has 0 radical (unpaired) electrons. The minimum Gasteiger partial charge on any atom is -0.386 e. The smallest absolute Gasteiger partial charge is 0.386 e. The first-order valence-corrected chi connectivity index (χ1v) is 22.1.